The molecule has 0 radical (unpaired) electrons. The van der Waals surface area contributed by atoms with Crippen LogP contribution in [0.5, 0.6) is 11.5 Å². The van der Waals surface area contributed by atoms with Gasteiger partial charge in [0.1, 0.15) is 0 Å². The minimum atomic E-state index is 0.262. The Balaban J connectivity index is 1.71. The molecule has 1 N–H and O–H groups in total. The van der Waals surface area contributed by atoms with E-state index in [0.717, 1.165) is 76.2 Å². The van der Waals surface area contributed by atoms with E-state index in [1.54, 1.807) is 14.2 Å². The molecule has 2 rings (SSSR count). The van der Waals surface area contributed by atoms with Crippen LogP contribution in [-0.4, -0.2) is 51.2 Å². The number of rotatable bonds is 13. The molecule has 0 unspecified atom stereocenters. The lowest BCUT2D eigenvalue weighted by Gasteiger charge is -2.23. The highest BCUT2D eigenvalue weighted by Gasteiger charge is 2.20. The van der Waals surface area contributed by atoms with Gasteiger partial charge >= 0.3 is 0 Å². The molecule has 29 heavy (non-hydrogen) atoms. The van der Waals surface area contributed by atoms with Gasteiger partial charge in [0.2, 0.25) is 5.91 Å². The Bertz CT molecular complexity index is 600. The summed E-state index contributed by atoms with van der Waals surface area (Å²) in [5, 5.41) is 3.16. The molecule has 5 nitrogen and oxygen atoms in total. The fourth-order valence-corrected chi connectivity index (χ4v) is 4.26. The summed E-state index contributed by atoms with van der Waals surface area (Å²) >= 11 is 0. The van der Waals surface area contributed by atoms with Crippen LogP contribution in [0.4, 0.5) is 0 Å². The highest BCUT2D eigenvalue weighted by molar-refractivity contribution is 5.78. The van der Waals surface area contributed by atoms with E-state index in [-0.39, 0.29) is 11.8 Å². The molecule has 0 saturated heterocycles. The number of hydrogen-bond acceptors (Lipinski definition) is 4. The van der Waals surface area contributed by atoms with E-state index < -0.39 is 0 Å². The Kier molecular flexibility index (Phi) is 10.9. The van der Waals surface area contributed by atoms with Crippen molar-refractivity contribution < 1.29 is 14.3 Å². The highest BCUT2D eigenvalue weighted by atomic mass is 16.5. The van der Waals surface area contributed by atoms with Crippen LogP contribution in [0.2, 0.25) is 0 Å². The third-order valence-electron chi connectivity index (χ3n) is 5.90. The molecule has 0 aromatic heterocycles. The van der Waals surface area contributed by atoms with Gasteiger partial charge in [-0.3, -0.25) is 4.79 Å². The maximum Gasteiger partial charge on any atom is 0.223 e. The largest absolute Gasteiger partial charge is 0.493 e. The summed E-state index contributed by atoms with van der Waals surface area (Å²) in [6, 6.07) is 6.08. The first-order valence-electron chi connectivity index (χ1n) is 11.4. The standard InChI is InChI=1S/C24H40N2O3/c1-4-17-26(19-15-20-13-10-14-22(28-2)23(20)29-3)18-9-8-16-25-24(27)21-11-6-5-7-12-21/h10,13-14,21H,4-9,11-12,15-19H2,1-3H3,(H,25,27). The molecule has 1 aliphatic rings. The quantitative estimate of drug-likeness (QED) is 0.494. The normalized spacial score (nSPS) is 14.8. The van der Waals surface area contributed by atoms with Gasteiger partial charge in [-0.25, -0.2) is 0 Å². The first-order valence-corrected chi connectivity index (χ1v) is 11.4. The van der Waals surface area contributed by atoms with Gasteiger partial charge in [-0.1, -0.05) is 38.3 Å². The summed E-state index contributed by atoms with van der Waals surface area (Å²) in [7, 11) is 3.38. The molecular weight excluding hydrogens is 364 g/mol. The SMILES string of the molecule is CCCN(CCCCNC(=O)C1CCCCC1)CCc1cccc(OC)c1OC. The van der Waals surface area contributed by atoms with Gasteiger partial charge in [-0.15, -0.1) is 0 Å². The van der Waals surface area contributed by atoms with Crippen molar-refractivity contribution in [3.63, 3.8) is 0 Å². The van der Waals surface area contributed by atoms with Gasteiger partial charge in [0, 0.05) is 19.0 Å². The van der Waals surface area contributed by atoms with E-state index in [4.69, 9.17) is 9.47 Å². The van der Waals surface area contributed by atoms with Crippen LogP contribution in [0.1, 0.15) is 63.9 Å². The lowest BCUT2D eigenvalue weighted by Crippen LogP contribution is -2.33. The Labute approximate surface area is 177 Å². The molecule has 5 heteroatoms. The average molecular weight is 405 g/mol. The number of unbranched alkanes of at least 4 members (excludes halogenated alkanes) is 1. The predicted octanol–water partition coefficient (Wildman–Crippen LogP) is 4.44. The molecule has 1 fully saturated rings. The smallest absolute Gasteiger partial charge is 0.223 e. The molecule has 0 aliphatic heterocycles. The molecule has 1 aliphatic carbocycles. The molecule has 1 aromatic carbocycles. The second kappa shape index (κ2) is 13.5. The van der Waals surface area contributed by atoms with Crippen molar-refractivity contribution in [2.24, 2.45) is 5.92 Å². The van der Waals surface area contributed by atoms with Gasteiger partial charge in [0.15, 0.2) is 11.5 Å². The molecule has 0 atom stereocenters. The van der Waals surface area contributed by atoms with Crippen LogP contribution in [-0.2, 0) is 11.2 Å². The lowest BCUT2D eigenvalue weighted by atomic mass is 9.89. The number of para-hydroxylation sites is 1. The molecule has 1 saturated carbocycles. The zero-order valence-corrected chi connectivity index (χ0v) is 18.7. The zero-order chi connectivity index (χ0) is 20.9. The van der Waals surface area contributed by atoms with E-state index in [2.05, 4.69) is 23.2 Å². The summed E-state index contributed by atoms with van der Waals surface area (Å²) in [5.41, 5.74) is 1.19. The Hall–Kier alpha value is -1.75. The number of hydrogen-bond donors (Lipinski definition) is 1. The Morgan fingerprint density at radius 2 is 1.86 bits per heavy atom. The molecule has 0 bridgehead atoms. The number of nitrogens with one attached hydrogen (secondary N) is 1. The number of nitrogens with zero attached hydrogens (tertiary/aromatic N) is 1. The molecule has 1 amide bonds. The van der Waals surface area contributed by atoms with Crippen LogP contribution >= 0.6 is 0 Å². The monoisotopic (exact) mass is 404 g/mol. The average Bonchev–Trinajstić information content (AvgIpc) is 2.77. The number of carbonyl (C=O) groups excluding carboxylic acids is 1. The van der Waals surface area contributed by atoms with E-state index in [1.165, 1.54) is 24.8 Å². The van der Waals surface area contributed by atoms with Gasteiger partial charge in [-0.2, -0.15) is 0 Å². The van der Waals surface area contributed by atoms with Crippen molar-refractivity contribution in [2.45, 2.75) is 64.7 Å². The van der Waals surface area contributed by atoms with Gasteiger partial charge in [0.25, 0.3) is 0 Å². The molecule has 0 heterocycles. The third-order valence-corrected chi connectivity index (χ3v) is 5.90. The molecule has 1 aromatic rings. The van der Waals surface area contributed by atoms with E-state index >= 15 is 0 Å². The van der Waals surface area contributed by atoms with Gasteiger partial charge in [-0.05, 0) is 63.2 Å². The second-order valence-electron chi connectivity index (χ2n) is 8.08. The summed E-state index contributed by atoms with van der Waals surface area (Å²) in [6.45, 7) is 6.20. The molecule has 0 spiro atoms. The maximum atomic E-state index is 12.2. The first-order chi connectivity index (χ1) is 14.2. The fourth-order valence-electron chi connectivity index (χ4n) is 4.26. The van der Waals surface area contributed by atoms with Crippen molar-refractivity contribution >= 4 is 5.91 Å². The fraction of sp³-hybridized carbons (Fsp3) is 0.708. The summed E-state index contributed by atoms with van der Waals surface area (Å²) in [5.74, 6) is 2.18. The Morgan fingerprint density at radius 3 is 2.55 bits per heavy atom. The highest BCUT2D eigenvalue weighted by Crippen LogP contribution is 2.31. The maximum absolute atomic E-state index is 12.2. The topological polar surface area (TPSA) is 50.8 Å². The Morgan fingerprint density at radius 1 is 1.07 bits per heavy atom. The predicted molar refractivity (Wildman–Crippen MR) is 119 cm³/mol. The van der Waals surface area contributed by atoms with Gasteiger partial charge in [0.05, 0.1) is 14.2 Å². The van der Waals surface area contributed by atoms with Gasteiger partial charge < -0.3 is 19.7 Å². The number of ether oxygens (including phenoxy) is 2. The number of methoxy groups -OCH3 is 2. The third kappa shape index (κ3) is 7.88. The summed E-state index contributed by atoms with van der Waals surface area (Å²) in [4.78, 5) is 14.7. The van der Waals surface area contributed by atoms with E-state index in [0.29, 0.717) is 0 Å². The molecular formula is C24H40N2O3. The van der Waals surface area contributed by atoms with E-state index in [1.807, 2.05) is 12.1 Å². The summed E-state index contributed by atoms with van der Waals surface area (Å²) < 4.78 is 11.0. The van der Waals surface area contributed by atoms with Crippen molar-refractivity contribution in [1.82, 2.24) is 10.2 Å². The second-order valence-corrected chi connectivity index (χ2v) is 8.08. The van der Waals surface area contributed by atoms with Crippen LogP contribution in [0.3, 0.4) is 0 Å². The van der Waals surface area contributed by atoms with Crippen molar-refractivity contribution in [1.29, 1.82) is 0 Å². The van der Waals surface area contributed by atoms with Crippen LogP contribution in [0, 0.1) is 5.92 Å². The summed E-state index contributed by atoms with van der Waals surface area (Å²) in [6.07, 6.45) is 10.1. The van der Waals surface area contributed by atoms with Crippen LogP contribution in [0.15, 0.2) is 18.2 Å². The van der Waals surface area contributed by atoms with Crippen LogP contribution in [0.25, 0.3) is 0 Å². The van der Waals surface area contributed by atoms with Crippen molar-refractivity contribution in [2.75, 3.05) is 40.4 Å². The van der Waals surface area contributed by atoms with Crippen molar-refractivity contribution in [3.8, 4) is 11.5 Å². The van der Waals surface area contributed by atoms with E-state index in [9.17, 15) is 4.79 Å². The van der Waals surface area contributed by atoms with Crippen molar-refractivity contribution in [3.05, 3.63) is 23.8 Å². The zero-order valence-electron chi connectivity index (χ0n) is 18.7. The number of amides is 1. The minimum absolute atomic E-state index is 0.262. The minimum Gasteiger partial charge on any atom is -0.493 e. The molecule has 164 valence electrons. The number of benzene rings is 1. The van der Waals surface area contributed by atoms with Crippen LogP contribution < -0.4 is 14.8 Å². The lowest BCUT2D eigenvalue weighted by molar-refractivity contribution is -0.125. The number of carbonyl (C=O) groups is 1. The first kappa shape index (κ1) is 23.5.